The third-order valence-corrected chi connectivity index (χ3v) is 5.04. The summed E-state index contributed by atoms with van der Waals surface area (Å²) in [7, 11) is 0. The number of nitrogens with zero attached hydrogens (tertiary/aromatic N) is 1. The third kappa shape index (κ3) is 4.66. The van der Waals surface area contributed by atoms with E-state index in [2.05, 4.69) is 26.1 Å². The Morgan fingerprint density at radius 1 is 1.15 bits per heavy atom. The Hall–Kier alpha value is -1.83. The van der Waals surface area contributed by atoms with Gasteiger partial charge in [0.25, 0.3) is 5.91 Å². The summed E-state index contributed by atoms with van der Waals surface area (Å²) in [6.45, 7) is 2.86. The van der Waals surface area contributed by atoms with Crippen molar-refractivity contribution in [1.29, 1.82) is 0 Å². The molecule has 0 aliphatic carbocycles. The lowest BCUT2D eigenvalue weighted by Gasteiger charge is -2.35. The number of amides is 1. The van der Waals surface area contributed by atoms with Crippen LogP contribution in [0.15, 0.2) is 46.9 Å². The molecular formula is C19H19BrF2N2O2. The van der Waals surface area contributed by atoms with Gasteiger partial charge in [-0.15, -0.1) is 0 Å². The molecule has 26 heavy (non-hydrogen) atoms. The molecule has 1 saturated heterocycles. The number of carbonyl (C=O) groups excluding carboxylic acids is 1. The van der Waals surface area contributed by atoms with Gasteiger partial charge < -0.3 is 10.1 Å². The molecule has 1 heterocycles. The predicted octanol–water partition coefficient (Wildman–Crippen LogP) is 3.53. The molecular weight excluding hydrogens is 406 g/mol. The average Bonchev–Trinajstić information content (AvgIpc) is 2.65. The molecule has 0 aromatic heterocycles. The fourth-order valence-electron chi connectivity index (χ4n) is 3.02. The number of halogens is 3. The maximum absolute atomic E-state index is 13.7. The molecule has 3 rings (SSSR count). The van der Waals surface area contributed by atoms with Crippen LogP contribution in [0.25, 0.3) is 0 Å². The molecule has 1 aliphatic rings. The zero-order chi connectivity index (χ0) is 18.5. The maximum atomic E-state index is 13.7. The van der Waals surface area contributed by atoms with E-state index in [1.54, 1.807) is 6.07 Å². The normalized spacial score (nSPS) is 16.3. The first-order chi connectivity index (χ1) is 12.5. The lowest BCUT2D eigenvalue weighted by molar-refractivity contribution is 0.0162. The van der Waals surface area contributed by atoms with E-state index >= 15 is 0 Å². The predicted molar refractivity (Wildman–Crippen MR) is 98.0 cm³/mol. The van der Waals surface area contributed by atoms with Crippen molar-refractivity contribution in [3.63, 3.8) is 0 Å². The minimum Gasteiger partial charge on any atom is -0.379 e. The van der Waals surface area contributed by atoms with Gasteiger partial charge in [-0.2, -0.15) is 0 Å². The molecule has 4 nitrogen and oxygen atoms in total. The number of morpholine rings is 1. The Labute approximate surface area is 159 Å². The molecule has 138 valence electrons. The Morgan fingerprint density at radius 2 is 1.88 bits per heavy atom. The van der Waals surface area contributed by atoms with Crippen LogP contribution in [-0.2, 0) is 4.74 Å². The molecule has 2 aromatic rings. The highest BCUT2D eigenvalue weighted by molar-refractivity contribution is 9.10. The number of benzene rings is 2. The first-order valence-corrected chi connectivity index (χ1v) is 9.14. The van der Waals surface area contributed by atoms with Gasteiger partial charge in [-0.1, -0.05) is 12.1 Å². The largest absolute Gasteiger partial charge is 0.379 e. The van der Waals surface area contributed by atoms with E-state index in [1.807, 2.05) is 6.07 Å². The maximum Gasteiger partial charge on any atom is 0.252 e. The van der Waals surface area contributed by atoms with Crippen molar-refractivity contribution in [2.45, 2.75) is 6.04 Å². The van der Waals surface area contributed by atoms with E-state index in [9.17, 15) is 13.6 Å². The fourth-order valence-corrected chi connectivity index (χ4v) is 3.44. The second-order valence-corrected chi connectivity index (χ2v) is 6.91. The fraction of sp³-hybridized carbons (Fsp3) is 0.316. The third-order valence-electron chi connectivity index (χ3n) is 4.35. The molecule has 7 heteroatoms. The van der Waals surface area contributed by atoms with Gasteiger partial charge in [0.05, 0.1) is 24.8 Å². The van der Waals surface area contributed by atoms with Crippen LogP contribution in [0.4, 0.5) is 8.78 Å². The standard InChI is InChI=1S/C19H19BrF2N2O2/c20-17-5-4-15(22)11-16(17)19(25)23-12-18(24-6-8-26-9-7-24)13-2-1-3-14(21)10-13/h1-5,10-11,18H,6-9,12H2,(H,23,25). The SMILES string of the molecule is O=C(NCC(c1cccc(F)c1)N1CCOCC1)c1cc(F)ccc1Br. The van der Waals surface area contributed by atoms with Crippen LogP contribution in [0.2, 0.25) is 0 Å². The number of ether oxygens (including phenoxy) is 1. The van der Waals surface area contributed by atoms with Gasteiger partial charge >= 0.3 is 0 Å². The van der Waals surface area contributed by atoms with Crippen molar-refractivity contribution >= 4 is 21.8 Å². The molecule has 1 fully saturated rings. The summed E-state index contributed by atoms with van der Waals surface area (Å²) in [4.78, 5) is 14.6. The molecule has 1 N–H and O–H groups in total. The second kappa shape index (κ2) is 8.70. The highest BCUT2D eigenvalue weighted by Gasteiger charge is 2.24. The van der Waals surface area contributed by atoms with Gasteiger partial charge in [0, 0.05) is 24.1 Å². The average molecular weight is 425 g/mol. The Bertz CT molecular complexity index is 782. The molecule has 1 aliphatic heterocycles. The number of carbonyl (C=O) groups is 1. The summed E-state index contributed by atoms with van der Waals surface area (Å²) in [5.74, 6) is -1.18. The highest BCUT2D eigenvalue weighted by atomic mass is 79.9. The van der Waals surface area contributed by atoms with Crippen LogP contribution in [0, 0.1) is 11.6 Å². The number of rotatable bonds is 5. The van der Waals surface area contributed by atoms with Crippen LogP contribution in [0.1, 0.15) is 22.0 Å². The Balaban J connectivity index is 1.77. The summed E-state index contributed by atoms with van der Waals surface area (Å²) in [5, 5.41) is 2.84. The van der Waals surface area contributed by atoms with E-state index < -0.39 is 5.82 Å². The zero-order valence-electron chi connectivity index (χ0n) is 14.1. The molecule has 0 bridgehead atoms. The minimum absolute atomic E-state index is 0.189. The first kappa shape index (κ1) is 18.9. The van der Waals surface area contributed by atoms with E-state index in [0.29, 0.717) is 30.8 Å². The van der Waals surface area contributed by atoms with Crippen molar-refractivity contribution in [3.8, 4) is 0 Å². The highest BCUT2D eigenvalue weighted by Crippen LogP contribution is 2.23. The lowest BCUT2D eigenvalue weighted by atomic mass is 10.0. The number of hydrogen-bond donors (Lipinski definition) is 1. The molecule has 0 radical (unpaired) electrons. The summed E-state index contributed by atoms with van der Waals surface area (Å²) < 4.78 is 33.0. The van der Waals surface area contributed by atoms with Crippen molar-refractivity contribution in [1.82, 2.24) is 10.2 Å². The molecule has 1 unspecified atom stereocenters. The van der Waals surface area contributed by atoms with Crippen LogP contribution >= 0.6 is 15.9 Å². The van der Waals surface area contributed by atoms with Crippen LogP contribution in [0.3, 0.4) is 0 Å². The smallest absolute Gasteiger partial charge is 0.252 e. The van der Waals surface area contributed by atoms with E-state index in [0.717, 1.165) is 5.56 Å². The van der Waals surface area contributed by atoms with Crippen LogP contribution in [-0.4, -0.2) is 43.7 Å². The van der Waals surface area contributed by atoms with Crippen molar-refractivity contribution in [2.75, 3.05) is 32.8 Å². The van der Waals surface area contributed by atoms with E-state index in [-0.39, 0.29) is 29.9 Å². The number of hydrogen-bond acceptors (Lipinski definition) is 3. The summed E-state index contributed by atoms with van der Waals surface area (Å²) in [6, 6.07) is 10.1. The van der Waals surface area contributed by atoms with Gasteiger partial charge in [0.1, 0.15) is 11.6 Å². The summed E-state index contributed by atoms with van der Waals surface area (Å²) in [5.41, 5.74) is 1.01. The van der Waals surface area contributed by atoms with Gasteiger partial charge in [0.15, 0.2) is 0 Å². The topological polar surface area (TPSA) is 41.6 Å². The van der Waals surface area contributed by atoms with Gasteiger partial charge in [-0.25, -0.2) is 8.78 Å². The van der Waals surface area contributed by atoms with E-state index in [4.69, 9.17) is 4.74 Å². The molecule has 1 atom stereocenters. The molecule has 0 spiro atoms. The van der Waals surface area contributed by atoms with Gasteiger partial charge in [-0.05, 0) is 51.8 Å². The second-order valence-electron chi connectivity index (χ2n) is 6.05. The van der Waals surface area contributed by atoms with E-state index in [1.165, 1.54) is 30.3 Å². The quantitative estimate of drug-likeness (QED) is 0.797. The van der Waals surface area contributed by atoms with Crippen LogP contribution in [0.5, 0.6) is 0 Å². The zero-order valence-corrected chi connectivity index (χ0v) is 15.6. The van der Waals surface area contributed by atoms with Gasteiger partial charge in [0.2, 0.25) is 0 Å². The van der Waals surface area contributed by atoms with Crippen molar-refractivity contribution < 1.29 is 18.3 Å². The van der Waals surface area contributed by atoms with Crippen LogP contribution < -0.4 is 5.32 Å². The van der Waals surface area contributed by atoms with Gasteiger partial charge in [-0.3, -0.25) is 9.69 Å². The Morgan fingerprint density at radius 3 is 2.62 bits per heavy atom. The summed E-state index contributed by atoms with van der Waals surface area (Å²) in [6.07, 6.45) is 0. The lowest BCUT2D eigenvalue weighted by Crippen LogP contribution is -2.43. The molecule has 0 saturated carbocycles. The van der Waals surface area contributed by atoms with Crippen molar-refractivity contribution in [2.24, 2.45) is 0 Å². The molecule has 1 amide bonds. The number of nitrogens with one attached hydrogen (secondary N) is 1. The summed E-state index contributed by atoms with van der Waals surface area (Å²) >= 11 is 3.27. The van der Waals surface area contributed by atoms with Crippen molar-refractivity contribution in [3.05, 3.63) is 69.7 Å². The Kier molecular flexibility index (Phi) is 6.34. The monoisotopic (exact) mass is 424 g/mol. The molecule has 2 aromatic carbocycles. The minimum atomic E-state index is -0.479. The first-order valence-electron chi connectivity index (χ1n) is 8.35.